The molecule has 1 aromatic carbocycles. The summed E-state index contributed by atoms with van der Waals surface area (Å²) in [5.41, 5.74) is -0.269. The van der Waals surface area contributed by atoms with Crippen molar-refractivity contribution in [3.63, 3.8) is 0 Å². The van der Waals surface area contributed by atoms with E-state index >= 15 is 0 Å². The monoisotopic (exact) mass is 453 g/mol. The van der Waals surface area contributed by atoms with Crippen molar-refractivity contribution in [1.29, 1.82) is 0 Å². The average Bonchev–Trinajstić information content (AvgIpc) is 3.03. The number of likely N-dealkylation sites (tertiary alicyclic amines) is 1. The van der Waals surface area contributed by atoms with E-state index in [0.29, 0.717) is 30.7 Å². The van der Waals surface area contributed by atoms with E-state index in [-0.39, 0.29) is 18.8 Å². The van der Waals surface area contributed by atoms with Gasteiger partial charge < -0.3 is 14.2 Å². The molecule has 0 aromatic heterocycles. The van der Waals surface area contributed by atoms with Crippen LogP contribution in [0.1, 0.15) is 50.4 Å². The number of carbonyl (C=O) groups is 3. The second kappa shape index (κ2) is 8.11. The first-order valence-corrected chi connectivity index (χ1v) is 10.1. The molecule has 152 valence electrons. The highest BCUT2D eigenvalue weighted by Crippen LogP contribution is 2.29. The third-order valence-electron chi connectivity index (χ3n) is 4.55. The summed E-state index contributed by atoms with van der Waals surface area (Å²) in [6.45, 7) is 6.00. The third kappa shape index (κ3) is 4.66. The smallest absolute Gasteiger partial charge is 0.411 e. The summed E-state index contributed by atoms with van der Waals surface area (Å²) < 4.78 is 17.3. The molecule has 2 unspecified atom stereocenters. The highest BCUT2D eigenvalue weighted by atomic mass is 79.9. The lowest BCUT2D eigenvalue weighted by Gasteiger charge is -2.28. The quantitative estimate of drug-likeness (QED) is 0.634. The molecule has 0 N–H and O–H groups in total. The summed E-state index contributed by atoms with van der Waals surface area (Å²) in [4.78, 5) is 39.3. The maximum atomic E-state index is 12.8. The van der Waals surface area contributed by atoms with Crippen molar-refractivity contribution in [2.45, 2.75) is 57.8 Å². The zero-order valence-corrected chi connectivity index (χ0v) is 17.8. The number of benzene rings is 1. The predicted octanol–water partition coefficient (Wildman–Crippen LogP) is 3.73. The number of amides is 1. The van der Waals surface area contributed by atoms with Gasteiger partial charge in [-0.15, -0.1) is 0 Å². The second-order valence-corrected chi connectivity index (χ2v) is 8.81. The molecule has 3 rings (SSSR count). The van der Waals surface area contributed by atoms with Crippen LogP contribution in [0.15, 0.2) is 22.7 Å². The van der Waals surface area contributed by atoms with Crippen LogP contribution in [0.5, 0.6) is 5.75 Å². The Hall–Kier alpha value is -2.09. The van der Waals surface area contributed by atoms with E-state index in [1.54, 1.807) is 39.0 Å². The zero-order valence-electron chi connectivity index (χ0n) is 16.2. The molecule has 2 aliphatic heterocycles. The van der Waals surface area contributed by atoms with Crippen LogP contribution >= 0.6 is 15.9 Å². The van der Waals surface area contributed by atoms with Crippen LogP contribution in [0.3, 0.4) is 0 Å². The molecule has 1 fully saturated rings. The van der Waals surface area contributed by atoms with Gasteiger partial charge in [0.1, 0.15) is 17.4 Å². The van der Waals surface area contributed by atoms with E-state index in [0.717, 1.165) is 4.47 Å². The van der Waals surface area contributed by atoms with Crippen LogP contribution in [0.25, 0.3) is 0 Å². The molecule has 0 aliphatic carbocycles. The molecule has 0 spiro atoms. The van der Waals surface area contributed by atoms with E-state index in [1.807, 2.05) is 0 Å². The fraction of sp³-hybridized carbons (Fsp3) is 0.550. The molecule has 1 aromatic rings. The SMILES string of the molecule is CC(C)(C)OC(=O)N1CCCC1C(=O)OC1CCOc2cc(Br)ccc2C1=O. The van der Waals surface area contributed by atoms with Gasteiger partial charge in [0.2, 0.25) is 5.78 Å². The number of esters is 1. The fourth-order valence-corrected chi connectivity index (χ4v) is 3.62. The van der Waals surface area contributed by atoms with E-state index in [9.17, 15) is 14.4 Å². The summed E-state index contributed by atoms with van der Waals surface area (Å²) in [5.74, 6) is -0.411. The highest BCUT2D eigenvalue weighted by molar-refractivity contribution is 9.10. The van der Waals surface area contributed by atoms with Gasteiger partial charge in [0.25, 0.3) is 0 Å². The van der Waals surface area contributed by atoms with E-state index in [2.05, 4.69) is 15.9 Å². The van der Waals surface area contributed by atoms with E-state index < -0.39 is 29.8 Å². The lowest BCUT2D eigenvalue weighted by Crippen LogP contribution is -2.45. The van der Waals surface area contributed by atoms with Crippen LogP contribution in [0.2, 0.25) is 0 Å². The Kier molecular flexibility index (Phi) is 5.98. The number of rotatable bonds is 2. The minimum Gasteiger partial charge on any atom is -0.493 e. The van der Waals surface area contributed by atoms with Crippen LogP contribution < -0.4 is 4.74 Å². The summed E-state index contributed by atoms with van der Waals surface area (Å²) in [6.07, 6.45) is -0.0548. The van der Waals surface area contributed by atoms with Crippen molar-refractivity contribution in [3.8, 4) is 5.75 Å². The number of nitrogens with zero attached hydrogens (tertiary/aromatic N) is 1. The van der Waals surface area contributed by atoms with Crippen molar-refractivity contribution in [1.82, 2.24) is 4.90 Å². The number of ketones is 1. The maximum absolute atomic E-state index is 12.8. The summed E-state index contributed by atoms with van der Waals surface area (Å²) >= 11 is 3.35. The van der Waals surface area contributed by atoms with Crippen molar-refractivity contribution in [2.75, 3.05) is 13.2 Å². The Morgan fingerprint density at radius 3 is 2.71 bits per heavy atom. The molecule has 2 aliphatic rings. The second-order valence-electron chi connectivity index (χ2n) is 7.90. The topological polar surface area (TPSA) is 82.1 Å². The zero-order chi connectivity index (χ0) is 20.5. The largest absolute Gasteiger partial charge is 0.493 e. The van der Waals surface area contributed by atoms with Gasteiger partial charge in [-0.2, -0.15) is 0 Å². The van der Waals surface area contributed by atoms with Gasteiger partial charge in [0.05, 0.1) is 12.2 Å². The van der Waals surface area contributed by atoms with Crippen molar-refractivity contribution in [3.05, 3.63) is 28.2 Å². The van der Waals surface area contributed by atoms with E-state index in [4.69, 9.17) is 14.2 Å². The molecule has 28 heavy (non-hydrogen) atoms. The number of ether oxygens (including phenoxy) is 3. The Morgan fingerprint density at radius 1 is 1.25 bits per heavy atom. The molecule has 0 bridgehead atoms. The molecule has 8 heteroatoms. The number of Topliss-reactive ketones (excluding diaryl/α,β-unsaturated/α-hetero) is 1. The van der Waals surface area contributed by atoms with Gasteiger partial charge >= 0.3 is 12.1 Å². The lowest BCUT2D eigenvalue weighted by molar-refractivity contribution is -0.152. The molecule has 7 nitrogen and oxygen atoms in total. The van der Waals surface area contributed by atoms with Crippen molar-refractivity contribution in [2.24, 2.45) is 0 Å². The van der Waals surface area contributed by atoms with Crippen LogP contribution in [0, 0.1) is 0 Å². The maximum Gasteiger partial charge on any atom is 0.411 e. The van der Waals surface area contributed by atoms with E-state index in [1.165, 1.54) is 4.90 Å². The number of carbonyl (C=O) groups excluding carboxylic acids is 3. The molecule has 2 heterocycles. The Morgan fingerprint density at radius 2 is 2.00 bits per heavy atom. The van der Waals surface area contributed by atoms with Gasteiger partial charge in [0.15, 0.2) is 6.10 Å². The molecule has 0 saturated carbocycles. The molecule has 2 atom stereocenters. The van der Waals surface area contributed by atoms with Gasteiger partial charge in [-0.25, -0.2) is 9.59 Å². The third-order valence-corrected chi connectivity index (χ3v) is 5.04. The summed E-state index contributed by atoms with van der Waals surface area (Å²) in [6, 6.07) is 4.37. The Balaban J connectivity index is 1.70. The number of hydrogen-bond acceptors (Lipinski definition) is 6. The minimum atomic E-state index is -0.934. The Labute approximate surface area is 172 Å². The van der Waals surface area contributed by atoms with Crippen molar-refractivity contribution >= 4 is 33.8 Å². The van der Waals surface area contributed by atoms with Crippen molar-refractivity contribution < 1.29 is 28.6 Å². The normalized spacial score (nSPS) is 22.1. The van der Waals surface area contributed by atoms with Crippen LogP contribution in [-0.4, -0.2) is 53.6 Å². The summed E-state index contributed by atoms with van der Waals surface area (Å²) in [5, 5.41) is 0. The van der Waals surface area contributed by atoms with Gasteiger partial charge in [-0.1, -0.05) is 15.9 Å². The number of halogens is 1. The van der Waals surface area contributed by atoms with Gasteiger partial charge in [-0.05, 0) is 51.8 Å². The molecule has 1 amide bonds. The van der Waals surface area contributed by atoms with Gasteiger partial charge in [0, 0.05) is 17.4 Å². The van der Waals surface area contributed by atoms with Gasteiger partial charge in [-0.3, -0.25) is 9.69 Å². The predicted molar refractivity (Wildman–Crippen MR) is 104 cm³/mol. The number of hydrogen-bond donors (Lipinski definition) is 0. The first-order chi connectivity index (χ1) is 13.2. The molecular weight excluding hydrogens is 430 g/mol. The number of fused-ring (bicyclic) bond motifs is 1. The first-order valence-electron chi connectivity index (χ1n) is 9.32. The van der Waals surface area contributed by atoms with Crippen LogP contribution in [0.4, 0.5) is 4.79 Å². The lowest BCUT2D eigenvalue weighted by atomic mass is 10.0. The average molecular weight is 454 g/mol. The van der Waals surface area contributed by atoms with Crippen LogP contribution in [-0.2, 0) is 14.3 Å². The highest BCUT2D eigenvalue weighted by Gasteiger charge is 2.40. The Bertz CT molecular complexity index is 787. The molecular formula is C20H24BrNO6. The fourth-order valence-electron chi connectivity index (χ4n) is 3.28. The molecule has 1 saturated heterocycles. The standard InChI is InChI=1S/C20H24BrNO6/c1-20(2,3)28-19(25)22-9-4-5-14(22)18(24)27-15-8-10-26-16-11-12(21)6-7-13(16)17(15)23/h6-7,11,14-15H,4-5,8-10H2,1-3H3. The summed E-state index contributed by atoms with van der Waals surface area (Å²) in [7, 11) is 0. The first kappa shape index (κ1) is 20.6. The molecule has 0 radical (unpaired) electrons. The minimum absolute atomic E-state index is 0.258.